The predicted octanol–water partition coefficient (Wildman–Crippen LogP) is 6.93. The molecule has 27 heavy (non-hydrogen) atoms. The van der Waals surface area contributed by atoms with Crippen LogP contribution in [0, 0.1) is 6.92 Å². The van der Waals surface area contributed by atoms with Gasteiger partial charge in [0.25, 0.3) is 0 Å². The standard InChI is InChI=1S/C24H19NO.ClH/c1-18-17-25-21(16-24(18)26-22-11-3-2-4-12-22)15-14-20-10-7-9-19-8-5-6-13-23(19)20;/h2-17H,1H3;1H. The average molecular weight is 374 g/mol. The van der Waals surface area contributed by atoms with Gasteiger partial charge in [-0.1, -0.05) is 66.7 Å². The van der Waals surface area contributed by atoms with Crippen molar-refractivity contribution < 1.29 is 4.74 Å². The van der Waals surface area contributed by atoms with Gasteiger partial charge in [-0.15, -0.1) is 12.4 Å². The van der Waals surface area contributed by atoms with Gasteiger partial charge < -0.3 is 4.74 Å². The molecule has 0 bridgehead atoms. The smallest absolute Gasteiger partial charge is 0.134 e. The normalized spacial score (nSPS) is 10.7. The van der Waals surface area contributed by atoms with Gasteiger partial charge in [0.05, 0.1) is 5.69 Å². The van der Waals surface area contributed by atoms with Crippen LogP contribution in [0.15, 0.2) is 85.1 Å². The van der Waals surface area contributed by atoms with Gasteiger partial charge in [0.1, 0.15) is 11.5 Å². The van der Waals surface area contributed by atoms with Crippen LogP contribution < -0.4 is 4.74 Å². The number of hydrogen-bond acceptors (Lipinski definition) is 2. The van der Waals surface area contributed by atoms with Gasteiger partial charge in [0, 0.05) is 17.8 Å². The van der Waals surface area contributed by atoms with E-state index in [-0.39, 0.29) is 12.4 Å². The van der Waals surface area contributed by atoms with Crippen molar-refractivity contribution in [1.82, 2.24) is 4.98 Å². The molecule has 0 aliphatic heterocycles. The zero-order valence-corrected chi connectivity index (χ0v) is 15.8. The highest BCUT2D eigenvalue weighted by molar-refractivity contribution is 5.92. The number of benzene rings is 3. The van der Waals surface area contributed by atoms with Gasteiger partial charge >= 0.3 is 0 Å². The van der Waals surface area contributed by atoms with Crippen LogP contribution in [0.25, 0.3) is 22.9 Å². The van der Waals surface area contributed by atoms with Crippen molar-refractivity contribution >= 4 is 35.3 Å². The fourth-order valence-electron chi connectivity index (χ4n) is 2.91. The number of aromatic nitrogens is 1. The van der Waals surface area contributed by atoms with E-state index < -0.39 is 0 Å². The second-order valence-corrected chi connectivity index (χ2v) is 6.19. The maximum absolute atomic E-state index is 6.00. The van der Waals surface area contributed by atoms with E-state index in [4.69, 9.17) is 4.74 Å². The zero-order chi connectivity index (χ0) is 17.8. The lowest BCUT2D eigenvalue weighted by Crippen LogP contribution is -1.90. The quantitative estimate of drug-likeness (QED) is 0.387. The second-order valence-electron chi connectivity index (χ2n) is 6.19. The van der Waals surface area contributed by atoms with Gasteiger partial charge in [-0.2, -0.15) is 0 Å². The summed E-state index contributed by atoms with van der Waals surface area (Å²) in [6.07, 6.45) is 5.98. The molecule has 134 valence electrons. The molecule has 4 aromatic rings. The monoisotopic (exact) mass is 373 g/mol. The molecule has 4 rings (SSSR count). The zero-order valence-electron chi connectivity index (χ0n) is 15.0. The van der Waals surface area contributed by atoms with Crippen molar-refractivity contribution in [3.8, 4) is 11.5 Å². The summed E-state index contributed by atoms with van der Waals surface area (Å²) in [6, 6.07) is 26.5. The first kappa shape index (κ1) is 18.7. The number of ether oxygens (including phenoxy) is 1. The maximum Gasteiger partial charge on any atom is 0.134 e. The Kier molecular flexibility index (Phi) is 5.90. The lowest BCUT2D eigenvalue weighted by atomic mass is 10.0. The first-order valence-corrected chi connectivity index (χ1v) is 8.65. The van der Waals surface area contributed by atoms with Crippen LogP contribution in [-0.2, 0) is 0 Å². The molecule has 3 heteroatoms. The van der Waals surface area contributed by atoms with Crippen LogP contribution in [0.2, 0.25) is 0 Å². The Morgan fingerprint density at radius 2 is 1.56 bits per heavy atom. The van der Waals surface area contributed by atoms with E-state index >= 15 is 0 Å². The molecule has 0 fully saturated rings. The average Bonchev–Trinajstić information content (AvgIpc) is 2.69. The third-order valence-electron chi connectivity index (χ3n) is 4.30. The summed E-state index contributed by atoms with van der Waals surface area (Å²) in [5.41, 5.74) is 3.06. The Balaban J connectivity index is 0.00000210. The Morgan fingerprint density at radius 1 is 0.815 bits per heavy atom. The first-order chi connectivity index (χ1) is 12.8. The number of nitrogens with zero attached hydrogens (tertiary/aromatic N) is 1. The second kappa shape index (κ2) is 8.52. The van der Waals surface area contributed by atoms with Crippen molar-refractivity contribution in [2.24, 2.45) is 0 Å². The van der Waals surface area contributed by atoms with Crippen molar-refractivity contribution in [2.45, 2.75) is 6.92 Å². The fraction of sp³-hybridized carbons (Fsp3) is 0.0417. The molecule has 0 aliphatic rings. The summed E-state index contributed by atoms with van der Waals surface area (Å²) in [7, 11) is 0. The van der Waals surface area contributed by atoms with Crippen molar-refractivity contribution in [1.29, 1.82) is 0 Å². The number of hydrogen-bond donors (Lipinski definition) is 0. The molecule has 0 saturated heterocycles. The van der Waals surface area contributed by atoms with Gasteiger partial charge in [-0.25, -0.2) is 0 Å². The number of halogens is 1. The summed E-state index contributed by atoms with van der Waals surface area (Å²) in [6.45, 7) is 2.00. The molecular weight excluding hydrogens is 354 g/mol. The highest BCUT2D eigenvalue weighted by Crippen LogP contribution is 2.26. The number of fused-ring (bicyclic) bond motifs is 1. The number of para-hydroxylation sites is 1. The number of aryl methyl sites for hydroxylation is 1. The van der Waals surface area contributed by atoms with Crippen LogP contribution in [0.1, 0.15) is 16.8 Å². The van der Waals surface area contributed by atoms with Gasteiger partial charge in [0.2, 0.25) is 0 Å². The molecule has 3 aromatic carbocycles. The van der Waals surface area contributed by atoms with E-state index in [1.165, 1.54) is 16.3 Å². The fourth-order valence-corrected chi connectivity index (χ4v) is 2.91. The minimum Gasteiger partial charge on any atom is -0.457 e. The van der Waals surface area contributed by atoms with Crippen LogP contribution in [-0.4, -0.2) is 4.98 Å². The lowest BCUT2D eigenvalue weighted by Gasteiger charge is -2.09. The molecule has 0 spiro atoms. The third-order valence-corrected chi connectivity index (χ3v) is 4.30. The predicted molar refractivity (Wildman–Crippen MR) is 116 cm³/mol. The molecule has 0 atom stereocenters. The minimum atomic E-state index is 0. The Morgan fingerprint density at radius 3 is 2.41 bits per heavy atom. The van der Waals surface area contributed by atoms with E-state index in [1.807, 2.05) is 55.6 Å². The Bertz CT molecular complexity index is 1070. The van der Waals surface area contributed by atoms with Crippen molar-refractivity contribution in [3.05, 3.63) is 102 Å². The molecule has 2 nitrogen and oxygen atoms in total. The van der Waals surface area contributed by atoms with Gasteiger partial charge in [0.15, 0.2) is 0 Å². The van der Waals surface area contributed by atoms with Crippen LogP contribution in [0.5, 0.6) is 11.5 Å². The van der Waals surface area contributed by atoms with E-state index in [2.05, 4.69) is 53.5 Å². The summed E-state index contributed by atoms with van der Waals surface area (Å²) in [4.78, 5) is 4.51. The maximum atomic E-state index is 6.00. The molecule has 1 heterocycles. The van der Waals surface area contributed by atoms with Gasteiger partial charge in [-0.05, 0) is 41.5 Å². The summed E-state index contributed by atoms with van der Waals surface area (Å²) in [5, 5.41) is 2.47. The molecule has 0 radical (unpaired) electrons. The Hall–Kier alpha value is -3.10. The van der Waals surface area contributed by atoms with E-state index in [1.54, 1.807) is 0 Å². The molecular formula is C24H20ClNO. The van der Waals surface area contributed by atoms with Crippen molar-refractivity contribution in [3.63, 3.8) is 0 Å². The van der Waals surface area contributed by atoms with E-state index in [9.17, 15) is 0 Å². The van der Waals surface area contributed by atoms with E-state index in [0.717, 1.165) is 22.8 Å². The topological polar surface area (TPSA) is 22.1 Å². The Labute approximate surface area is 165 Å². The summed E-state index contributed by atoms with van der Waals surface area (Å²) >= 11 is 0. The van der Waals surface area contributed by atoms with E-state index in [0.29, 0.717) is 0 Å². The van der Waals surface area contributed by atoms with Crippen LogP contribution in [0.3, 0.4) is 0 Å². The van der Waals surface area contributed by atoms with Crippen molar-refractivity contribution in [2.75, 3.05) is 0 Å². The SMILES string of the molecule is Cc1cnc(C=Cc2cccc3ccccc23)cc1Oc1ccccc1.Cl. The summed E-state index contributed by atoms with van der Waals surface area (Å²) < 4.78 is 6.00. The molecule has 0 unspecified atom stereocenters. The number of rotatable bonds is 4. The minimum absolute atomic E-state index is 0. The highest BCUT2D eigenvalue weighted by Gasteiger charge is 2.03. The molecule has 1 aromatic heterocycles. The molecule has 0 aliphatic carbocycles. The molecule has 0 amide bonds. The highest BCUT2D eigenvalue weighted by atomic mass is 35.5. The first-order valence-electron chi connectivity index (χ1n) is 8.65. The largest absolute Gasteiger partial charge is 0.457 e. The molecule has 0 N–H and O–H groups in total. The summed E-state index contributed by atoms with van der Waals surface area (Å²) in [5.74, 6) is 1.65. The van der Waals surface area contributed by atoms with Gasteiger partial charge in [-0.3, -0.25) is 4.98 Å². The lowest BCUT2D eigenvalue weighted by molar-refractivity contribution is 0.478. The molecule has 0 saturated carbocycles. The van der Waals surface area contributed by atoms with Crippen LogP contribution in [0.4, 0.5) is 0 Å². The number of pyridine rings is 1. The third kappa shape index (κ3) is 4.36. The van der Waals surface area contributed by atoms with Crippen LogP contribution >= 0.6 is 12.4 Å².